The largest absolute Gasteiger partial charge is 0.329 e. The van der Waals surface area contributed by atoms with Gasteiger partial charge in [-0.2, -0.15) is 17.0 Å². The zero-order valence-corrected chi connectivity index (χ0v) is 11.2. The Balaban J connectivity index is 2.88. The summed E-state index contributed by atoms with van der Waals surface area (Å²) < 4.78 is 27.6. The van der Waals surface area contributed by atoms with Crippen LogP contribution < -0.4 is 5.73 Å². The molecular weight excluding hydrogens is 226 g/mol. The highest BCUT2D eigenvalue weighted by Crippen LogP contribution is 2.22. The highest BCUT2D eigenvalue weighted by atomic mass is 32.2. The van der Waals surface area contributed by atoms with E-state index in [0.717, 1.165) is 19.3 Å². The zero-order valence-electron chi connectivity index (χ0n) is 10.4. The molecule has 1 rings (SSSR count). The van der Waals surface area contributed by atoms with Gasteiger partial charge in [0.15, 0.2) is 0 Å². The molecule has 1 fully saturated rings. The van der Waals surface area contributed by atoms with Crippen molar-refractivity contribution in [1.82, 2.24) is 8.61 Å². The molecule has 16 heavy (non-hydrogen) atoms. The van der Waals surface area contributed by atoms with E-state index in [2.05, 4.69) is 0 Å². The zero-order chi connectivity index (χ0) is 12.3. The minimum absolute atomic E-state index is 0.0228. The Morgan fingerprint density at radius 1 is 1.44 bits per heavy atom. The molecule has 1 aliphatic heterocycles. The smallest absolute Gasteiger partial charge is 0.282 e. The van der Waals surface area contributed by atoms with Gasteiger partial charge in [0.25, 0.3) is 10.2 Å². The van der Waals surface area contributed by atoms with Crippen molar-refractivity contribution >= 4 is 10.2 Å². The molecule has 0 aromatic rings. The monoisotopic (exact) mass is 249 g/mol. The van der Waals surface area contributed by atoms with Crippen LogP contribution in [0.5, 0.6) is 0 Å². The first-order valence-corrected chi connectivity index (χ1v) is 7.25. The summed E-state index contributed by atoms with van der Waals surface area (Å²) in [5.74, 6) is 0. The maximum atomic E-state index is 12.3. The first kappa shape index (κ1) is 13.9. The number of hydrogen-bond donors (Lipinski definition) is 1. The molecule has 0 radical (unpaired) electrons. The molecule has 96 valence electrons. The third-order valence-corrected chi connectivity index (χ3v) is 5.46. The van der Waals surface area contributed by atoms with E-state index in [0.29, 0.717) is 13.1 Å². The minimum Gasteiger partial charge on any atom is -0.329 e. The number of nitrogens with zero attached hydrogens (tertiary/aromatic N) is 2. The van der Waals surface area contributed by atoms with Crippen LogP contribution in [0.1, 0.15) is 33.1 Å². The van der Waals surface area contributed by atoms with Crippen molar-refractivity contribution in [1.29, 1.82) is 0 Å². The van der Waals surface area contributed by atoms with E-state index in [1.807, 2.05) is 13.8 Å². The fourth-order valence-corrected chi connectivity index (χ4v) is 3.74. The Morgan fingerprint density at radius 3 is 2.56 bits per heavy atom. The molecule has 0 aromatic heterocycles. The average Bonchev–Trinajstić information content (AvgIpc) is 2.27. The Labute approximate surface area is 98.8 Å². The van der Waals surface area contributed by atoms with Crippen LogP contribution in [0.3, 0.4) is 0 Å². The molecule has 1 saturated heterocycles. The van der Waals surface area contributed by atoms with Gasteiger partial charge in [-0.25, -0.2) is 0 Å². The molecule has 1 heterocycles. The number of nitrogens with two attached hydrogens (primary N) is 1. The van der Waals surface area contributed by atoms with Gasteiger partial charge in [0.2, 0.25) is 0 Å². The molecule has 0 aromatic carbocycles. The van der Waals surface area contributed by atoms with E-state index in [1.165, 1.54) is 4.31 Å². The molecule has 0 amide bonds. The lowest BCUT2D eigenvalue weighted by atomic mass is 10.1. The minimum atomic E-state index is -3.34. The second kappa shape index (κ2) is 5.44. The Hall–Kier alpha value is -0.170. The molecule has 1 unspecified atom stereocenters. The van der Waals surface area contributed by atoms with E-state index >= 15 is 0 Å². The summed E-state index contributed by atoms with van der Waals surface area (Å²) in [5, 5.41) is 0. The maximum Gasteiger partial charge on any atom is 0.282 e. The fraction of sp³-hybridized carbons (Fsp3) is 1.00. The molecule has 0 bridgehead atoms. The molecule has 0 spiro atoms. The van der Waals surface area contributed by atoms with Crippen molar-refractivity contribution in [2.45, 2.75) is 45.2 Å². The fourth-order valence-electron chi connectivity index (χ4n) is 1.95. The predicted octanol–water partition coefficient (Wildman–Crippen LogP) is 0.385. The first-order chi connectivity index (χ1) is 7.41. The molecule has 5 nitrogen and oxygen atoms in total. The summed E-state index contributed by atoms with van der Waals surface area (Å²) in [5.41, 5.74) is 5.64. The third-order valence-electron chi connectivity index (χ3n) is 3.23. The number of piperidine rings is 1. The predicted molar refractivity (Wildman–Crippen MR) is 65.2 cm³/mol. The lowest BCUT2D eigenvalue weighted by molar-refractivity contribution is 0.235. The maximum absolute atomic E-state index is 12.3. The van der Waals surface area contributed by atoms with Crippen molar-refractivity contribution in [2.75, 3.05) is 20.1 Å². The lowest BCUT2D eigenvalue weighted by Crippen LogP contribution is -2.53. The second-order valence-corrected chi connectivity index (χ2v) is 6.55. The standard InChI is InChI=1S/C10H23N3O2S/c1-9(2)12(3)16(14,15)13-7-5-4-6-10(13)8-11/h9-10H,4-8,11H2,1-3H3. The second-order valence-electron chi connectivity index (χ2n) is 4.61. The lowest BCUT2D eigenvalue weighted by Gasteiger charge is -2.37. The van der Waals surface area contributed by atoms with Gasteiger partial charge in [0.1, 0.15) is 0 Å². The van der Waals surface area contributed by atoms with E-state index < -0.39 is 10.2 Å². The molecule has 1 atom stereocenters. The van der Waals surface area contributed by atoms with Gasteiger partial charge in [-0.1, -0.05) is 6.42 Å². The third kappa shape index (κ3) is 2.74. The summed E-state index contributed by atoms with van der Waals surface area (Å²) in [6, 6.07) is -0.0506. The van der Waals surface area contributed by atoms with Crippen molar-refractivity contribution in [2.24, 2.45) is 5.73 Å². The van der Waals surface area contributed by atoms with Gasteiger partial charge in [-0.15, -0.1) is 0 Å². The van der Waals surface area contributed by atoms with Crippen molar-refractivity contribution < 1.29 is 8.42 Å². The summed E-state index contributed by atoms with van der Waals surface area (Å²) in [6.07, 6.45) is 2.88. The topological polar surface area (TPSA) is 66.6 Å². The Kier molecular flexibility index (Phi) is 4.73. The summed E-state index contributed by atoms with van der Waals surface area (Å²) >= 11 is 0. The summed E-state index contributed by atoms with van der Waals surface area (Å²) in [7, 11) is -1.71. The molecule has 1 aliphatic rings. The quantitative estimate of drug-likeness (QED) is 0.783. The molecule has 2 N–H and O–H groups in total. The van der Waals surface area contributed by atoms with Crippen molar-refractivity contribution in [3.8, 4) is 0 Å². The van der Waals surface area contributed by atoms with Gasteiger partial charge in [0.05, 0.1) is 0 Å². The van der Waals surface area contributed by atoms with Crippen LogP contribution in [-0.4, -0.2) is 49.2 Å². The highest BCUT2D eigenvalue weighted by molar-refractivity contribution is 7.86. The van der Waals surface area contributed by atoms with Crippen LogP contribution in [-0.2, 0) is 10.2 Å². The molecule has 6 heteroatoms. The van der Waals surface area contributed by atoms with Crippen molar-refractivity contribution in [3.05, 3.63) is 0 Å². The number of rotatable bonds is 4. The normalized spacial score (nSPS) is 24.2. The van der Waals surface area contributed by atoms with Gasteiger partial charge >= 0.3 is 0 Å². The van der Waals surface area contributed by atoms with E-state index in [9.17, 15) is 8.42 Å². The van der Waals surface area contributed by atoms with E-state index in [-0.39, 0.29) is 12.1 Å². The van der Waals surface area contributed by atoms with E-state index in [4.69, 9.17) is 5.73 Å². The van der Waals surface area contributed by atoms with Gasteiger partial charge in [-0.05, 0) is 26.7 Å². The Bertz CT molecular complexity index is 316. The molecule has 0 aliphatic carbocycles. The number of hydrogen-bond acceptors (Lipinski definition) is 3. The molecule has 0 saturated carbocycles. The van der Waals surface area contributed by atoms with E-state index in [1.54, 1.807) is 11.4 Å². The van der Waals surface area contributed by atoms with Crippen LogP contribution in [0, 0.1) is 0 Å². The van der Waals surface area contributed by atoms with Crippen LogP contribution in [0.2, 0.25) is 0 Å². The van der Waals surface area contributed by atoms with Crippen LogP contribution >= 0.6 is 0 Å². The highest BCUT2D eigenvalue weighted by Gasteiger charge is 2.35. The van der Waals surface area contributed by atoms with Crippen LogP contribution in [0.15, 0.2) is 0 Å². The Morgan fingerprint density at radius 2 is 2.06 bits per heavy atom. The summed E-state index contributed by atoms with van der Waals surface area (Å²) in [6.45, 7) is 4.75. The molecular formula is C10H23N3O2S. The van der Waals surface area contributed by atoms with Crippen LogP contribution in [0.4, 0.5) is 0 Å². The average molecular weight is 249 g/mol. The van der Waals surface area contributed by atoms with Crippen molar-refractivity contribution in [3.63, 3.8) is 0 Å². The van der Waals surface area contributed by atoms with Crippen LogP contribution in [0.25, 0.3) is 0 Å². The van der Waals surface area contributed by atoms with Gasteiger partial charge < -0.3 is 5.73 Å². The van der Waals surface area contributed by atoms with Gasteiger partial charge in [0, 0.05) is 32.2 Å². The summed E-state index contributed by atoms with van der Waals surface area (Å²) in [4.78, 5) is 0. The van der Waals surface area contributed by atoms with Gasteiger partial charge in [-0.3, -0.25) is 0 Å². The SMILES string of the molecule is CC(C)N(C)S(=O)(=O)N1CCCCC1CN. The first-order valence-electron chi connectivity index (χ1n) is 5.86.